The molecule has 8 heteroatoms. The van der Waals surface area contributed by atoms with Gasteiger partial charge in [-0.1, -0.05) is 12.1 Å². The number of nitrogens with zero attached hydrogens (tertiary/aromatic N) is 7. The van der Waals surface area contributed by atoms with Crippen LogP contribution in [0.1, 0.15) is 34.8 Å². The second-order valence-electron chi connectivity index (χ2n) is 6.32. The van der Waals surface area contributed by atoms with Gasteiger partial charge in [-0.15, -0.1) is 5.10 Å². The van der Waals surface area contributed by atoms with E-state index in [0.29, 0.717) is 17.8 Å². The first-order valence-corrected chi connectivity index (χ1v) is 8.35. The average molecular weight is 337 g/mol. The Morgan fingerprint density at radius 2 is 2.16 bits per heavy atom. The maximum absolute atomic E-state index is 13.1. The minimum Gasteiger partial charge on any atom is -0.336 e. The number of likely N-dealkylation sites (tertiary alicyclic amines) is 1. The van der Waals surface area contributed by atoms with Crippen molar-refractivity contribution in [2.45, 2.75) is 25.8 Å². The topological polar surface area (TPSA) is 81.7 Å². The van der Waals surface area contributed by atoms with Crippen molar-refractivity contribution in [3.05, 3.63) is 54.1 Å². The highest BCUT2D eigenvalue weighted by molar-refractivity contribution is 5.97. The number of amides is 1. The van der Waals surface area contributed by atoms with Crippen molar-refractivity contribution in [1.82, 2.24) is 34.9 Å². The number of benzene rings is 1. The molecule has 0 N–H and O–H groups in total. The second kappa shape index (κ2) is 6.46. The van der Waals surface area contributed by atoms with Gasteiger partial charge in [0.25, 0.3) is 5.91 Å². The van der Waals surface area contributed by atoms with Crippen molar-refractivity contribution in [3.63, 3.8) is 0 Å². The number of aryl methyl sites for hydroxylation is 1. The van der Waals surface area contributed by atoms with Crippen molar-refractivity contribution < 1.29 is 4.79 Å². The van der Waals surface area contributed by atoms with E-state index in [4.69, 9.17) is 0 Å². The minimum absolute atomic E-state index is 0.000298. The van der Waals surface area contributed by atoms with E-state index >= 15 is 0 Å². The number of hydrogen-bond donors (Lipinski definition) is 0. The van der Waals surface area contributed by atoms with Gasteiger partial charge in [-0.05, 0) is 47.9 Å². The van der Waals surface area contributed by atoms with Gasteiger partial charge < -0.3 is 4.90 Å². The standard InChI is InChI=1S/C17H19N7O/c1-13-9-19-23(10-13)14-5-4-8-22(11-14)17(25)15-6-2-3-7-16(15)24-12-18-20-21-24/h2-3,6-7,9-10,12,14H,4-5,8,11H2,1H3/t14-/m0/s1. The first kappa shape index (κ1) is 15.5. The van der Waals surface area contributed by atoms with Crippen LogP contribution in [0.25, 0.3) is 5.69 Å². The fourth-order valence-electron chi connectivity index (χ4n) is 3.28. The maximum Gasteiger partial charge on any atom is 0.256 e. The fraction of sp³-hybridized carbons (Fsp3) is 0.353. The number of carbonyl (C=O) groups excluding carboxylic acids is 1. The third kappa shape index (κ3) is 3.02. The summed E-state index contributed by atoms with van der Waals surface area (Å²) >= 11 is 0. The van der Waals surface area contributed by atoms with Gasteiger partial charge in [0.05, 0.1) is 23.5 Å². The molecule has 0 bridgehead atoms. The molecular formula is C17H19N7O. The van der Waals surface area contributed by atoms with Gasteiger partial charge in [0, 0.05) is 19.3 Å². The van der Waals surface area contributed by atoms with Crippen LogP contribution in [0.2, 0.25) is 0 Å². The van der Waals surface area contributed by atoms with Crippen molar-refractivity contribution in [2.24, 2.45) is 0 Å². The summed E-state index contributed by atoms with van der Waals surface area (Å²) in [4.78, 5) is 15.0. The zero-order chi connectivity index (χ0) is 17.2. The monoisotopic (exact) mass is 337 g/mol. The zero-order valence-corrected chi connectivity index (χ0v) is 14.0. The largest absolute Gasteiger partial charge is 0.336 e. The summed E-state index contributed by atoms with van der Waals surface area (Å²) in [6.07, 6.45) is 7.38. The predicted octanol–water partition coefficient (Wildman–Crippen LogP) is 1.64. The molecule has 2 aromatic heterocycles. The Morgan fingerprint density at radius 1 is 1.28 bits per heavy atom. The van der Waals surface area contributed by atoms with Crippen LogP contribution in [0, 0.1) is 6.92 Å². The quantitative estimate of drug-likeness (QED) is 0.726. The van der Waals surface area contributed by atoms with Gasteiger partial charge in [0.1, 0.15) is 6.33 Å². The normalized spacial score (nSPS) is 17.6. The average Bonchev–Trinajstić information content (AvgIpc) is 3.33. The van der Waals surface area contributed by atoms with E-state index in [2.05, 4.69) is 20.6 Å². The number of hydrogen-bond acceptors (Lipinski definition) is 5. The summed E-state index contributed by atoms with van der Waals surface area (Å²) in [7, 11) is 0. The molecule has 1 saturated heterocycles. The molecule has 1 aliphatic rings. The van der Waals surface area contributed by atoms with Crippen LogP contribution in [-0.2, 0) is 0 Å². The molecule has 1 amide bonds. The molecule has 25 heavy (non-hydrogen) atoms. The van der Waals surface area contributed by atoms with Crippen LogP contribution in [-0.4, -0.2) is 53.9 Å². The molecule has 0 spiro atoms. The number of para-hydroxylation sites is 1. The molecule has 3 aromatic rings. The SMILES string of the molecule is Cc1cnn([C@H]2CCCN(C(=O)c3ccccc3-n3cnnn3)C2)c1. The summed E-state index contributed by atoms with van der Waals surface area (Å²) in [5.74, 6) is -0.000298. The Labute approximate surface area is 145 Å². The third-order valence-electron chi connectivity index (χ3n) is 4.52. The Balaban J connectivity index is 1.59. The Hall–Kier alpha value is -3.03. The zero-order valence-electron chi connectivity index (χ0n) is 14.0. The Bertz CT molecular complexity index is 871. The van der Waals surface area contributed by atoms with Gasteiger partial charge in [0.15, 0.2) is 0 Å². The summed E-state index contributed by atoms with van der Waals surface area (Å²) in [6.45, 7) is 3.43. The van der Waals surface area contributed by atoms with E-state index in [9.17, 15) is 4.79 Å². The predicted molar refractivity (Wildman–Crippen MR) is 90.3 cm³/mol. The van der Waals surface area contributed by atoms with Gasteiger partial charge in [0.2, 0.25) is 0 Å². The van der Waals surface area contributed by atoms with Crippen molar-refractivity contribution in [3.8, 4) is 5.69 Å². The molecule has 1 fully saturated rings. The molecule has 1 aromatic carbocycles. The Morgan fingerprint density at radius 3 is 2.92 bits per heavy atom. The number of rotatable bonds is 3. The van der Waals surface area contributed by atoms with E-state index < -0.39 is 0 Å². The first-order chi connectivity index (χ1) is 12.2. The summed E-state index contributed by atoms with van der Waals surface area (Å²) < 4.78 is 3.49. The van der Waals surface area contributed by atoms with E-state index in [1.54, 1.807) is 0 Å². The lowest BCUT2D eigenvalue weighted by atomic mass is 10.0. The van der Waals surface area contributed by atoms with E-state index in [1.165, 1.54) is 11.0 Å². The van der Waals surface area contributed by atoms with Crippen LogP contribution in [0.4, 0.5) is 0 Å². The second-order valence-corrected chi connectivity index (χ2v) is 6.32. The number of tetrazole rings is 1. The highest BCUT2D eigenvalue weighted by Crippen LogP contribution is 2.24. The molecule has 0 radical (unpaired) electrons. The van der Waals surface area contributed by atoms with Gasteiger partial charge in [-0.3, -0.25) is 9.48 Å². The van der Waals surface area contributed by atoms with Gasteiger partial charge in [-0.2, -0.15) is 9.78 Å². The van der Waals surface area contributed by atoms with Crippen molar-refractivity contribution >= 4 is 5.91 Å². The third-order valence-corrected chi connectivity index (χ3v) is 4.52. The molecule has 128 valence electrons. The highest BCUT2D eigenvalue weighted by Gasteiger charge is 2.27. The molecule has 1 atom stereocenters. The molecule has 1 aliphatic heterocycles. The summed E-state index contributed by atoms with van der Waals surface area (Å²) in [6, 6.07) is 7.62. The smallest absolute Gasteiger partial charge is 0.256 e. The molecule has 8 nitrogen and oxygen atoms in total. The molecule has 0 unspecified atom stereocenters. The van der Waals surface area contributed by atoms with Gasteiger partial charge >= 0.3 is 0 Å². The van der Waals surface area contributed by atoms with Crippen LogP contribution in [0.3, 0.4) is 0 Å². The van der Waals surface area contributed by atoms with Crippen LogP contribution < -0.4 is 0 Å². The first-order valence-electron chi connectivity index (χ1n) is 8.35. The molecule has 4 rings (SSSR count). The van der Waals surface area contributed by atoms with E-state index in [-0.39, 0.29) is 11.9 Å². The van der Waals surface area contributed by atoms with Crippen molar-refractivity contribution in [2.75, 3.05) is 13.1 Å². The molecule has 0 saturated carbocycles. The van der Waals surface area contributed by atoms with E-state index in [0.717, 1.165) is 24.9 Å². The molecule has 0 aliphatic carbocycles. The number of piperidine rings is 1. The highest BCUT2D eigenvalue weighted by atomic mass is 16.2. The minimum atomic E-state index is -0.000298. The molecule has 3 heterocycles. The Kier molecular flexibility index (Phi) is 4.01. The summed E-state index contributed by atoms with van der Waals surface area (Å²) in [5, 5.41) is 15.6. The molecular weight excluding hydrogens is 318 g/mol. The lowest BCUT2D eigenvalue weighted by Gasteiger charge is -2.33. The van der Waals surface area contributed by atoms with Crippen LogP contribution >= 0.6 is 0 Å². The lowest BCUT2D eigenvalue weighted by Crippen LogP contribution is -2.41. The number of carbonyl (C=O) groups is 1. The maximum atomic E-state index is 13.1. The van der Waals surface area contributed by atoms with Gasteiger partial charge in [-0.25, -0.2) is 0 Å². The lowest BCUT2D eigenvalue weighted by molar-refractivity contribution is 0.0673. The van der Waals surface area contributed by atoms with Crippen molar-refractivity contribution in [1.29, 1.82) is 0 Å². The van der Waals surface area contributed by atoms with E-state index in [1.807, 2.05) is 53.2 Å². The van der Waals surface area contributed by atoms with Crippen LogP contribution in [0.15, 0.2) is 43.0 Å². The summed E-state index contributed by atoms with van der Waals surface area (Å²) in [5.41, 5.74) is 2.43. The van der Waals surface area contributed by atoms with Crippen LogP contribution in [0.5, 0.6) is 0 Å². The fourth-order valence-corrected chi connectivity index (χ4v) is 3.28. The number of aromatic nitrogens is 6.